The molecule has 3 heterocycles. The number of rotatable bonds is 5. The largest absolute Gasteiger partial charge is 0.309 e. The van der Waals surface area contributed by atoms with E-state index in [1.807, 2.05) is 78.9 Å². The fraction of sp³-hybridized carbons (Fsp3) is 0. The summed E-state index contributed by atoms with van der Waals surface area (Å²) in [7, 11) is 0. The number of hydrogen-bond acceptors (Lipinski definition) is 3. The zero-order chi connectivity index (χ0) is 34.6. The Morgan fingerprint density at radius 3 is 1.35 bits per heavy atom. The molecule has 10 rings (SSSR count). The van der Waals surface area contributed by atoms with E-state index in [9.17, 15) is 0 Å². The van der Waals surface area contributed by atoms with Gasteiger partial charge in [0.15, 0.2) is 23.2 Å². The molecule has 0 atom stereocenters. The van der Waals surface area contributed by atoms with Gasteiger partial charge in [-0.25, -0.2) is 19.8 Å². The van der Waals surface area contributed by atoms with E-state index in [4.69, 9.17) is 21.5 Å². The van der Waals surface area contributed by atoms with Gasteiger partial charge in [-0.05, 0) is 48.5 Å². The van der Waals surface area contributed by atoms with Crippen molar-refractivity contribution in [3.8, 4) is 45.5 Å². The van der Waals surface area contributed by atoms with Gasteiger partial charge < -0.3 is 9.13 Å². The molecule has 0 aliphatic carbocycles. The van der Waals surface area contributed by atoms with Crippen LogP contribution in [0.3, 0.4) is 0 Å². The van der Waals surface area contributed by atoms with Crippen LogP contribution in [0.2, 0.25) is 0 Å². The summed E-state index contributed by atoms with van der Waals surface area (Å²) in [6, 6.07) is 58.1. The third-order valence-corrected chi connectivity index (χ3v) is 9.79. The summed E-state index contributed by atoms with van der Waals surface area (Å²) in [6.07, 6.45) is 0. The molecule has 0 unspecified atom stereocenters. The van der Waals surface area contributed by atoms with Crippen molar-refractivity contribution < 1.29 is 0 Å². The van der Waals surface area contributed by atoms with Gasteiger partial charge >= 0.3 is 0 Å². The van der Waals surface area contributed by atoms with Gasteiger partial charge in [-0.3, -0.25) is 0 Å². The maximum Gasteiger partial charge on any atom is 0.198 e. The zero-order valence-corrected chi connectivity index (χ0v) is 27.8. The summed E-state index contributed by atoms with van der Waals surface area (Å²) in [4.78, 5) is 18.7. The summed E-state index contributed by atoms with van der Waals surface area (Å²) in [5, 5.41) is 4.76. The van der Waals surface area contributed by atoms with Gasteiger partial charge in [0.25, 0.3) is 0 Å². The number of nitrogens with zero attached hydrogens (tertiary/aromatic N) is 6. The topological polar surface area (TPSA) is 52.9 Å². The summed E-state index contributed by atoms with van der Waals surface area (Å²) in [6.45, 7) is 8.13. The van der Waals surface area contributed by atoms with Crippen molar-refractivity contribution in [2.24, 2.45) is 0 Å². The van der Waals surface area contributed by atoms with Gasteiger partial charge in [-0.1, -0.05) is 121 Å². The first-order valence-corrected chi connectivity index (χ1v) is 17.2. The van der Waals surface area contributed by atoms with Crippen molar-refractivity contribution in [3.63, 3.8) is 0 Å². The van der Waals surface area contributed by atoms with Crippen LogP contribution >= 0.6 is 0 Å². The average molecular weight is 665 g/mol. The summed E-state index contributed by atoms with van der Waals surface area (Å²) < 4.78 is 4.63. The molecule has 0 saturated carbocycles. The van der Waals surface area contributed by atoms with Crippen molar-refractivity contribution in [2.75, 3.05) is 0 Å². The second-order valence-electron chi connectivity index (χ2n) is 12.8. The highest BCUT2D eigenvalue weighted by Gasteiger charge is 2.19. The van der Waals surface area contributed by atoms with E-state index in [0.717, 1.165) is 44.3 Å². The molecule has 3 aromatic heterocycles. The fourth-order valence-corrected chi connectivity index (χ4v) is 7.45. The lowest BCUT2D eigenvalue weighted by Crippen LogP contribution is -2.01. The van der Waals surface area contributed by atoms with Crippen molar-refractivity contribution in [3.05, 3.63) is 181 Å². The first-order chi connectivity index (χ1) is 25.7. The Morgan fingerprint density at radius 2 is 0.808 bits per heavy atom. The predicted molar refractivity (Wildman–Crippen MR) is 211 cm³/mol. The van der Waals surface area contributed by atoms with E-state index in [1.54, 1.807) is 0 Å². The lowest BCUT2D eigenvalue weighted by atomic mass is 10.1. The first-order valence-electron chi connectivity index (χ1n) is 17.2. The van der Waals surface area contributed by atoms with Crippen molar-refractivity contribution in [1.82, 2.24) is 24.1 Å². The molecule has 6 heteroatoms. The quantitative estimate of drug-likeness (QED) is 0.172. The van der Waals surface area contributed by atoms with E-state index in [2.05, 4.69) is 105 Å². The van der Waals surface area contributed by atoms with Gasteiger partial charge in [-0.15, -0.1) is 0 Å². The van der Waals surface area contributed by atoms with Crippen LogP contribution in [0.5, 0.6) is 0 Å². The summed E-state index contributed by atoms with van der Waals surface area (Å²) in [5.41, 5.74) is 9.39. The Morgan fingerprint density at radius 1 is 0.385 bits per heavy atom. The van der Waals surface area contributed by atoms with Crippen LogP contribution < -0.4 is 0 Å². The molecule has 0 N–H and O–H groups in total. The van der Waals surface area contributed by atoms with Crippen LogP contribution in [0.1, 0.15) is 0 Å². The molecule has 0 radical (unpaired) electrons. The van der Waals surface area contributed by atoms with Crippen molar-refractivity contribution >= 4 is 49.3 Å². The van der Waals surface area contributed by atoms with Crippen LogP contribution in [0, 0.1) is 6.57 Å². The molecule has 10 aromatic rings. The molecule has 0 aliphatic rings. The van der Waals surface area contributed by atoms with E-state index in [-0.39, 0.29) is 0 Å². The van der Waals surface area contributed by atoms with Gasteiger partial charge in [0.2, 0.25) is 0 Å². The maximum absolute atomic E-state index is 8.13. The van der Waals surface area contributed by atoms with Gasteiger partial charge in [-0.2, -0.15) is 0 Å². The van der Waals surface area contributed by atoms with E-state index in [1.165, 1.54) is 21.8 Å². The molecule has 6 nitrogen and oxygen atoms in total. The van der Waals surface area contributed by atoms with Crippen LogP contribution in [0.25, 0.3) is 94.0 Å². The monoisotopic (exact) mass is 664 g/mol. The Balaban J connectivity index is 1.19. The van der Waals surface area contributed by atoms with Crippen LogP contribution in [0.15, 0.2) is 170 Å². The number of fused-ring (bicyclic) bond motifs is 6. The molecule has 52 heavy (non-hydrogen) atoms. The van der Waals surface area contributed by atoms with Crippen LogP contribution in [0.4, 0.5) is 5.69 Å². The highest BCUT2D eigenvalue weighted by atomic mass is 15.0. The molecule has 0 amide bonds. The number of hydrogen-bond donors (Lipinski definition) is 0. The zero-order valence-electron chi connectivity index (χ0n) is 27.8. The Labute approximate surface area is 299 Å². The molecule has 0 bridgehead atoms. The number of aromatic nitrogens is 5. The summed E-state index contributed by atoms with van der Waals surface area (Å²) in [5.74, 6) is 1.57. The normalized spacial score (nSPS) is 11.4. The molecular formula is C46H28N6. The fourth-order valence-electron chi connectivity index (χ4n) is 7.45. The molecular weight excluding hydrogens is 637 g/mol. The molecule has 242 valence electrons. The van der Waals surface area contributed by atoms with Gasteiger partial charge in [0, 0.05) is 49.6 Å². The molecule has 0 aliphatic heterocycles. The second-order valence-corrected chi connectivity index (χ2v) is 12.8. The highest BCUT2D eigenvalue weighted by molar-refractivity contribution is 6.12. The smallest absolute Gasteiger partial charge is 0.198 e. The van der Waals surface area contributed by atoms with Crippen molar-refractivity contribution in [2.45, 2.75) is 0 Å². The highest BCUT2D eigenvalue weighted by Crippen LogP contribution is 2.39. The van der Waals surface area contributed by atoms with Gasteiger partial charge in [0.1, 0.15) is 0 Å². The molecule has 0 saturated heterocycles. The second kappa shape index (κ2) is 11.9. The minimum absolute atomic E-state index is 0.454. The minimum atomic E-state index is 0.454. The molecule has 7 aromatic carbocycles. The van der Waals surface area contributed by atoms with E-state index >= 15 is 0 Å². The van der Waals surface area contributed by atoms with Crippen LogP contribution in [-0.4, -0.2) is 24.1 Å². The molecule has 0 fully saturated rings. The third-order valence-electron chi connectivity index (χ3n) is 9.79. The third kappa shape index (κ3) is 4.68. The Hall–Kier alpha value is -7.36. The Bertz CT molecular complexity index is 2910. The SMILES string of the molecule is [C-]#[N+]c1ccc(-n2c3ccccc3c3cc(-n4c5ccccc5c5ccccc54)ccc32)cc1-c1nc(-c2ccccc2)nc(-c2ccccc2)n1. The first kappa shape index (κ1) is 29.5. The minimum Gasteiger partial charge on any atom is -0.309 e. The number of para-hydroxylation sites is 3. The maximum atomic E-state index is 8.13. The summed E-state index contributed by atoms with van der Waals surface area (Å²) >= 11 is 0. The lowest BCUT2D eigenvalue weighted by Gasteiger charge is -2.13. The number of benzene rings is 7. The van der Waals surface area contributed by atoms with Crippen molar-refractivity contribution in [1.29, 1.82) is 0 Å². The average Bonchev–Trinajstić information content (AvgIpc) is 3.74. The Kier molecular flexibility index (Phi) is 6.76. The lowest BCUT2D eigenvalue weighted by molar-refractivity contribution is 1.07. The van der Waals surface area contributed by atoms with E-state index in [0.29, 0.717) is 28.7 Å². The van der Waals surface area contributed by atoms with Crippen LogP contribution in [-0.2, 0) is 0 Å². The standard InChI is InChI=1S/C46H28N6/c1-47-39-26-24-32(29-38(39)46-49-44(30-14-4-2-5-15-30)48-45(50-46)31-16-6-3-7-17-31)52-42-23-13-10-20-36(42)37-28-33(25-27-43(37)52)51-40-21-11-8-18-34(40)35-19-9-12-22-41(35)51/h2-29H. The molecule has 0 spiro atoms. The predicted octanol–water partition coefficient (Wildman–Crippen LogP) is 11.6. The van der Waals surface area contributed by atoms with E-state index < -0.39 is 0 Å². The van der Waals surface area contributed by atoms with Gasteiger partial charge in [0.05, 0.1) is 28.6 Å².